The smallest absolute Gasteiger partial charge is 0.123 e. The van der Waals surface area contributed by atoms with Gasteiger partial charge in [-0.3, -0.25) is 4.90 Å². The second kappa shape index (κ2) is 6.87. The van der Waals surface area contributed by atoms with Gasteiger partial charge in [-0.05, 0) is 37.5 Å². The van der Waals surface area contributed by atoms with E-state index in [1.807, 2.05) is 0 Å². The minimum absolute atomic E-state index is 0.198. The third kappa shape index (κ3) is 3.67. The lowest BCUT2D eigenvalue weighted by Crippen LogP contribution is -2.40. The Morgan fingerprint density at radius 1 is 1.42 bits per heavy atom. The van der Waals surface area contributed by atoms with Crippen molar-refractivity contribution in [2.45, 2.75) is 38.3 Å². The van der Waals surface area contributed by atoms with Crippen molar-refractivity contribution in [1.82, 2.24) is 4.90 Å². The summed E-state index contributed by atoms with van der Waals surface area (Å²) in [6.45, 7) is 1.73. The van der Waals surface area contributed by atoms with Gasteiger partial charge in [0.2, 0.25) is 0 Å². The van der Waals surface area contributed by atoms with Gasteiger partial charge in [-0.1, -0.05) is 6.42 Å². The van der Waals surface area contributed by atoms with Crippen LogP contribution in [-0.2, 0) is 6.54 Å². The number of benzene rings is 1. The number of hydrogen-bond acceptors (Lipinski definition) is 3. The number of ether oxygens (including phenoxy) is 1. The van der Waals surface area contributed by atoms with Crippen molar-refractivity contribution in [3.8, 4) is 5.75 Å². The second-order valence-electron chi connectivity index (χ2n) is 5.09. The quantitative estimate of drug-likeness (QED) is 0.824. The highest BCUT2D eigenvalue weighted by Gasteiger charge is 2.25. The number of aliphatic hydroxyl groups is 1. The summed E-state index contributed by atoms with van der Waals surface area (Å²) in [5, 5.41) is 8.99. The molecule has 0 bridgehead atoms. The maximum atomic E-state index is 13.4. The lowest BCUT2D eigenvalue weighted by Gasteiger charge is -2.37. The standard InChI is InChI=1S/C15H22FNO2/c1-19-15-7-6-13(16)10-12(15)11-17(8-3-9-18)14-4-2-5-14/h6-7,10,14,18H,2-5,8-9,11H2,1H3. The SMILES string of the molecule is COc1ccc(F)cc1CN(CCCO)C1CCC1. The molecule has 4 heteroatoms. The summed E-state index contributed by atoms with van der Waals surface area (Å²) < 4.78 is 18.7. The monoisotopic (exact) mass is 267 g/mol. The number of halogens is 1. The molecule has 0 aliphatic heterocycles. The normalized spacial score (nSPS) is 15.6. The van der Waals surface area contributed by atoms with Gasteiger partial charge in [0.1, 0.15) is 11.6 Å². The molecule has 0 saturated heterocycles. The lowest BCUT2D eigenvalue weighted by molar-refractivity contribution is 0.108. The van der Waals surface area contributed by atoms with Crippen molar-refractivity contribution >= 4 is 0 Å². The Morgan fingerprint density at radius 3 is 2.79 bits per heavy atom. The maximum absolute atomic E-state index is 13.4. The highest BCUT2D eigenvalue weighted by molar-refractivity contribution is 5.33. The van der Waals surface area contributed by atoms with E-state index < -0.39 is 0 Å². The van der Waals surface area contributed by atoms with Crippen LogP contribution in [-0.4, -0.2) is 36.3 Å². The van der Waals surface area contributed by atoms with Crippen molar-refractivity contribution < 1.29 is 14.2 Å². The molecule has 19 heavy (non-hydrogen) atoms. The summed E-state index contributed by atoms with van der Waals surface area (Å²) in [7, 11) is 1.61. The van der Waals surface area contributed by atoms with Crippen molar-refractivity contribution in [2.24, 2.45) is 0 Å². The van der Waals surface area contributed by atoms with Crippen molar-refractivity contribution in [3.05, 3.63) is 29.6 Å². The molecule has 1 saturated carbocycles. The van der Waals surface area contributed by atoms with Crippen LogP contribution in [0.3, 0.4) is 0 Å². The van der Waals surface area contributed by atoms with E-state index in [0.29, 0.717) is 12.6 Å². The molecule has 0 amide bonds. The van der Waals surface area contributed by atoms with Gasteiger partial charge in [0.15, 0.2) is 0 Å². The van der Waals surface area contributed by atoms with Gasteiger partial charge in [-0.2, -0.15) is 0 Å². The highest BCUT2D eigenvalue weighted by atomic mass is 19.1. The van der Waals surface area contributed by atoms with Crippen molar-refractivity contribution in [2.75, 3.05) is 20.3 Å². The molecule has 1 N–H and O–H groups in total. The van der Waals surface area contributed by atoms with Gasteiger partial charge in [-0.15, -0.1) is 0 Å². The van der Waals surface area contributed by atoms with Crippen LogP contribution in [0.2, 0.25) is 0 Å². The van der Waals surface area contributed by atoms with Gasteiger partial charge in [0, 0.05) is 31.3 Å². The molecule has 1 aliphatic rings. The molecule has 106 valence electrons. The van der Waals surface area contributed by atoms with Crippen molar-refractivity contribution in [1.29, 1.82) is 0 Å². The Kier molecular flexibility index (Phi) is 5.16. The Bertz CT molecular complexity index is 407. The summed E-state index contributed by atoms with van der Waals surface area (Å²) in [6.07, 6.45) is 4.42. The Hall–Kier alpha value is -1.13. The lowest BCUT2D eigenvalue weighted by atomic mass is 9.91. The zero-order chi connectivity index (χ0) is 13.7. The van der Waals surface area contributed by atoms with Gasteiger partial charge < -0.3 is 9.84 Å². The fraction of sp³-hybridized carbons (Fsp3) is 0.600. The summed E-state index contributed by atoms with van der Waals surface area (Å²) in [5.74, 6) is 0.501. The fourth-order valence-corrected chi connectivity index (χ4v) is 2.51. The van der Waals surface area contributed by atoms with E-state index in [1.165, 1.54) is 25.3 Å². The first kappa shape index (κ1) is 14.3. The largest absolute Gasteiger partial charge is 0.496 e. The summed E-state index contributed by atoms with van der Waals surface area (Å²) in [5.41, 5.74) is 0.882. The molecule has 0 unspecified atom stereocenters. The van der Waals surface area contributed by atoms with Gasteiger partial charge in [0.05, 0.1) is 7.11 Å². The third-order valence-electron chi connectivity index (χ3n) is 3.81. The minimum atomic E-state index is -0.230. The average Bonchev–Trinajstić information content (AvgIpc) is 2.34. The van der Waals surface area contributed by atoms with Crippen LogP contribution < -0.4 is 4.74 Å². The molecule has 0 spiro atoms. The first-order chi connectivity index (χ1) is 9.24. The van der Waals surface area contributed by atoms with Crippen LogP contribution in [0.4, 0.5) is 4.39 Å². The van der Waals surface area contributed by atoms with Crippen LogP contribution in [0.1, 0.15) is 31.2 Å². The Morgan fingerprint density at radius 2 is 2.21 bits per heavy atom. The van der Waals surface area contributed by atoms with Gasteiger partial charge in [-0.25, -0.2) is 4.39 Å². The summed E-state index contributed by atoms with van der Waals surface area (Å²) >= 11 is 0. The van der Waals surface area contributed by atoms with E-state index in [4.69, 9.17) is 9.84 Å². The van der Waals surface area contributed by atoms with Crippen LogP contribution in [0, 0.1) is 5.82 Å². The first-order valence-electron chi connectivity index (χ1n) is 6.92. The second-order valence-corrected chi connectivity index (χ2v) is 5.09. The summed E-state index contributed by atoms with van der Waals surface area (Å²) in [6, 6.07) is 5.21. The van der Waals surface area contributed by atoms with Gasteiger partial charge >= 0.3 is 0 Å². The zero-order valence-corrected chi connectivity index (χ0v) is 11.4. The molecule has 1 aromatic carbocycles. The molecule has 2 rings (SSSR count). The number of hydrogen-bond donors (Lipinski definition) is 1. The average molecular weight is 267 g/mol. The van der Waals surface area contributed by atoms with E-state index in [-0.39, 0.29) is 12.4 Å². The number of aliphatic hydroxyl groups excluding tert-OH is 1. The molecule has 0 heterocycles. The molecule has 3 nitrogen and oxygen atoms in total. The predicted molar refractivity (Wildman–Crippen MR) is 72.7 cm³/mol. The maximum Gasteiger partial charge on any atom is 0.123 e. The third-order valence-corrected chi connectivity index (χ3v) is 3.81. The number of methoxy groups -OCH3 is 1. The zero-order valence-electron chi connectivity index (χ0n) is 11.4. The summed E-state index contributed by atoms with van der Waals surface area (Å²) in [4.78, 5) is 2.33. The molecule has 1 aliphatic carbocycles. The fourth-order valence-electron chi connectivity index (χ4n) is 2.51. The molecule has 1 fully saturated rings. The molecular weight excluding hydrogens is 245 g/mol. The first-order valence-corrected chi connectivity index (χ1v) is 6.92. The van der Waals surface area contributed by atoms with E-state index >= 15 is 0 Å². The van der Waals surface area contributed by atoms with E-state index in [1.54, 1.807) is 19.2 Å². The van der Waals surface area contributed by atoms with E-state index in [9.17, 15) is 4.39 Å². The molecule has 0 aromatic heterocycles. The number of nitrogens with zero attached hydrogens (tertiary/aromatic N) is 1. The van der Waals surface area contributed by atoms with E-state index in [0.717, 1.165) is 24.3 Å². The molecule has 1 aromatic rings. The molecule has 0 radical (unpaired) electrons. The van der Waals surface area contributed by atoms with E-state index in [2.05, 4.69) is 4.90 Å². The minimum Gasteiger partial charge on any atom is -0.496 e. The Balaban J connectivity index is 2.08. The number of rotatable bonds is 7. The Labute approximate surface area is 114 Å². The van der Waals surface area contributed by atoms with Crippen LogP contribution >= 0.6 is 0 Å². The molecule has 0 atom stereocenters. The molecular formula is C15H22FNO2. The topological polar surface area (TPSA) is 32.7 Å². The van der Waals surface area contributed by atoms with Crippen LogP contribution in [0.25, 0.3) is 0 Å². The van der Waals surface area contributed by atoms with Crippen LogP contribution in [0.5, 0.6) is 5.75 Å². The highest BCUT2D eigenvalue weighted by Crippen LogP contribution is 2.29. The van der Waals surface area contributed by atoms with Gasteiger partial charge in [0.25, 0.3) is 0 Å². The predicted octanol–water partition coefficient (Wildman–Crippen LogP) is 2.57. The van der Waals surface area contributed by atoms with Crippen molar-refractivity contribution in [3.63, 3.8) is 0 Å². The van der Waals surface area contributed by atoms with Crippen LogP contribution in [0.15, 0.2) is 18.2 Å².